The lowest BCUT2D eigenvalue weighted by Gasteiger charge is -2.20. The maximum absolute atomic E-state index is 12.1. The number of likely N-dealkylation sites (tertiary alicyclic amines) is 1. The second-order valence-electron chi connectivity index (χ2n) is 6.12. The Kier molecular flexibility index (Phi) is 6.50. The molecule has 1 aliphatic rings. The van der Waals surface area contributed by atoms with Crippen molar-refractivity contribution in [2.75, 3.05) is 38.3 Å². The lowest BCUT2D eigenvalue weighted by Crippen LogP contribution is -2.40. The highest BCUT2D eigenvalue weighted by Crippen LogP contribution is 2.21. The molecule has 134 valence electrons. The highest BCUT2D eigenvalue weighted by Gasteiger charge is 2.21. The highest BCUT2D eigenvalue weighted by atomic mass is 32.2. The molecule has 0 radical (unpaired) electrons. The van der Waals surface area contributed by atoms with Crippen molar-refractivity contribution in [3.05, 3.63) is 18.1 Å². The van der Waals surface area contributed by atoms with Crippen molar-refractivity contribution in [3.8, 4) is 0 Å². The molecule has 1 saturated heterocycles. The largest absolute Gasteiger partial charge is 0.372 e. The van der Waals surface area contributed by atoms with Crippen LogP contribution in [0.3, 0.4) is 0 Å². The third-order valence-electron chi connectivity index (χ3n) is 4.15. The highest BCUT2D eigenvalue weighted by molar-refractivity contribution is 7.88. The van der Waals surface area contributed by atoms with Crippen molar-refractivity contribution in [3.63, 3.8) is 0 Å². The van der Waals surface area contributed by atoms with Crippen molar-refractivity contribution < 1.29 is 13.2 Å². The number of nitrogens with zero attached hydrogens (tertiary/aromatic N) is 3. The molecule has 0 spiro atoms. The Morgan fingerprint density at radius 2 is 2.08 bits per heavy atom. The number of carbonyl (C=O) groups excluding carboxylic acids is 1. The third-order valence-corrected chi connectivity index (χ3v) is 4.81. The molecule has 0 bridgehead atoms. The van der Waals surface area contributed by atoms with Gasteiger partial charge in [-0.2, -0.15) is 0 Å². The zero-order valence-electron chi connectivity index (χ0n) is 14.2. The fourth-order valence-electron chi connectivity index (χ4n) is 2.81. The topological polar surface area (TPSA) is 104 Å². The molecule has 24 heavy (non-hydrogen) atoms. The van der Waals surface area contributed by atoms with Gasteiger partial charge in [-0.1, -0.05) is 0 Å². The van der Waals surface area contributed by atoms with Crippen LogP contribution in [0.1, 0.15) is 25.0 Å². The van der Waals surface area contributed by atoms with Crippen LogP contribution >= 0.6 is 0 Å². The average Bonchev–Trinajstić information content (AvgIpc) is 2.78. The third kappa shape index (κ3) is 6.04. The fraction of sp³-hybridized carbons (Fsp3) is 0.667. The summed E-state index contributed by atoms with van der Waals surface area (Å²) in [7, 11) is -1.54. The van der Waals surface area contributed by atoms with E-state index in [2.05, 4.69) is 20.0 Å². The van der Waals surface area contributed by atoms with Gasteiger partial charge in [-0.3, -0.25) is 9.78 Å². The molecular weight excluding hydrogens is 330 g/mol. The Hall–Kier alpha value is -1.74. The lowest BCUT2D eigenvalue weighted by molar-refractivity contribution is -0.129. The summed E-state index contributed by atoms with van der Waals surface area (Å²) < 4.78 is 24.4. The van der Waals surface area contributed by atoms with Crippen molar-refractivity contribution >= 4 is 21.7 Å². The van der Waals surface area contributed by atoms with Crippen LogP contribution in [0, 0.1) is 5.92 Å². The van der Waals surface area contributed by atoms with E-state index in [1.807, 2.05) is 0 Å². The summed E-state index contributed by atoms with van der Waals surface area (Å²) in [6.45, 7) is 1.16. The molecule has 1 atom stereocenters. The van der Waals surface area contributed by atoms with Gasteiger partial charge in [-0.15, -0.1) is 0 Å². The van der Waals surface area contributed by atoms with Gasteiger partial charge < -0.3 is 10.2 Å². The first-order valence-corrected chi connectivity index (χ1v) is 9.97. The van der Waals surface area contributed by atoms with Gasteiger partial charge in [0.2, 0.25) is 15.9 Å². The Morgan fingerprint density at radius 1 is 1.29 bits per heavy atom. The van der Waals surface area contributed by atoms with Crippen LogP contribution in [0.4, 0.5) is 5.82 Å². The van der Waals surface area contributed by atoms with Gasteiger partial charge >= 0.3 is 0 Å². The molecule has 1 unspecified atom stereocenters. The first-order valence-electron chi connectivity index (χ1n) is 8.08. The normalized spacial score (nSPS) is 18.9. The molecule has 0 aromatic carbocycles. The smallest absolute Gasteiger partial charge is 0.237 e. The molecule has 1 aromatic rings. The Morgan fingerprint density at radius 3 is 2.71 bits per heavy atom. The predicted octanol–water partition coefficient (Wildman–Crippen LogP) is 0.239. The number of aromatic nitrogens is 2. The monoisotopic (exact) mass is 355 g/mol. The molecule has 2 N–H and O–H groups in total. The molecule has 8 nitrogen and oxygen atoms in total. The van der Waals surface area contributed by atoms with Gasteiger partial charge in [0.15, 0.2) is 0 Å². The van der Waals surface area contributed by atoms with Crippen LogP contribution in [-0.4, -0.2) is 62.1 Å². The van der Waals surface area contributed by atoms with Crippen LogP contribution in [0.5, 0.6) is 0 Å². The first-order chi connectivity index (χ1) is 11.4. The summed E-state index contributed by atoms with van der Waals surface area (Å²) in [4.78, 5) is 22.5. The fourth-order valence-corrected chi connectivity index (χ4v) is 3.19. The van der Waals surface area contributed by atoms with Crippen molar-refractivity contribution in [1.29, 1.82) is 0 Å². The molecule has 1 amide bonds. The van der Waals surface area contributed by atoms with Gasteiger partial charge in [0.05, 0.1) is 30.9 Å². The summed E-state index contributed by atoms with van der Waals surface area (Å²) >= 11 is 0. The minimum absolute atomic E-state index is 0.166. The van der Waals surface area contributed by atoms with Crippen molar-refractivity contribution in [2.24, 2.45) is 5.92 Å². The van der Waals surface area contributed by atoms with E-state index in [9.17, 15) is 13.2 Å². The number of hydrogen-bond acceptors (Lipinski definition) is 6. The standard InChI is InChI=1S/C15H25N5O3S/c1-16-14-10-17-13(9-18-14)8-12-4-3-6-20(7-5-12)15(21)11-19-24(2,22)23/h9-10,12,19H,3-8,11H2,1-2H3,(H,16,18). The molecule has 1 fully saturated rings. The predicted molar refractivity (Wildman–Crippen MR) is 92.1 cm³/mol. The molecule has 1 aromatic heterocycles. The molecule has 0 saturated carbocycles. The van der Waals surface area contributed by atoms with Crippen LogP contribution in [0.2, 0.25) is 0 Å². The number of rotatable bonds is 6. The Balaban J connectivity index is 1.84. The van der Waals surface area contributed by atoms with Gasteiger partial charge in [0.25, 0.3) is 0 Å². The number of anilines is 1. The Bertz CT molecular complexity index is 648. The van der Waals surface area contributed by atoms with E-state index < -0.39 is 10.0 Å². The van der Waals surface area contributed by atoms with E-state index in [1.165, 1.54) is 0 Å². The maximum atomic E-state index is 12.1. The molecule has 2 heterocycles. The Labute approximate surface area is 143 Å². The second kappa shape index (κ2) is 8.39. The summed E-state index contributed by atoms with van der Waals surface area (Å²) in [5.41, 5.74) is 0.956. The maximum Gasteiger partial charge on any atom is 0.237 e. The van der Waals surface area contributed by atoms with Crippen molar-refractivity contribution in [2.45, 2.75) is 25.7 Å². The number of nitrogens with one attached hydrogen (secondary N) is 2. The zero-order valence-corrected chi connectivity index (χ0v) is 15.0. The summed E-state index contributed by atoms with van der Waals surface area (Å²) in [5, 5.41) is 2.94. The van der Waals surface area contributed by atoms with E-state index in [-0.39, 0.29) is 12.5 Å². The molecule has 1 aliphatic heterocycles. The minimum Gasteiger partial charge on any atom is -0.372 e. The van der Waals surface area contributed by atoms with Gasteiger partial charge in [-0.25, -0.2) is 18.1 Å². The van der Waals surface area contributed by atoms with E-state index >= 15 is 0 Å². The van der Waals surface area contributed by atoms with E-state index in [4.69, 9.17) is 0 Å². The first kappa shape index (κ1) is 18.6. The molecular formula is C15H25N5O3S. The van der Waals surface area contributed by atoms with E-state index in [0.717, 1.165) is 43.5 Å². The number of carbonyl (C=O) groups is 1. The van der Waals surface area contributed by atoms with Crippen molar-refractivity contribution in [1.82, 2.24) is 19.6 Å². The zero-order chi connectivity index (χ0) is 17.6. The summed E-state index contributed by atoms with van der Waals surface area (Å²) in [5.74, 6) is 1.04. The lowest BCUT2D eigenvalue weighted by atomic mass is 9.95. The van der Waals surface area contributed by atoms with Crippen LogP contribution in [-0.2, 0) is 21.2 Å². The summed E-state index contributed by atoms with van der Waals surface area (Å²) in [6, 6.07) is 0. The molecule has 9 heteroatoms. The number of hydrogen-bond donors (Lipinski definition) is 2. The van der Waals surface area contributed by atoms with Gasteiger partial charge in [0, 0.05) is 20.1 Å². The van der Waals surface area contributed by atoms with E-state index in [1.54, 1.807) is 24.3 Å². The van der Waals surface area contributed by atoms with Crippen LogP contribution in [0.25, 0.3) is 0 Å². The van der Waals surface area contributed by atoms with Gasteiger partial charge in [-0.05, 0) is 31.6 Å². The average molecular weight is 355 g/mol. The van der Waals surface area contributed by atoms with Crippen LogP contribution < -0.4 is 10.0 Å². The minimum atomic E-state index is -3.34. The summed E-state index contributed by atoms with van der Waals surface area (Å²) in [6.07, 6.45) is 8.24. The molecule has 2 rings (SSSR count). The molecule has 0 aliphatic carbocycles. The number of sulfonamides is 1. The van der Waals surface area contributed by atoms with Crippen LogP contribution in [0.15, 0.2) is 12.4 Å². The van der Waals surface area contributed by atoms with Gasteiger partial charge in [0.1, 0.15) is 5.82 Å². The van der Waals surface area contributed by atoms with E-state index in [0.29, 0.717) is 19.0 Å². The number of amides is 1. The quantitative estimate of drug-likeness (QED) is 0.757. The SMILES string of the molecule is CNc1cnc(CC2CCCN(C(=O)CNS(C)(=O)=O)CC2)cn1. The second-order valence-corrected chi connectivity index (χ2v) is 7.95.